The number of hydrogen-bond acceptors (Lipinski definition) is 5. The van der Waals surface area contributed by atoms with Gasteiger partial charge < -0.3 is 19.1 Å². The summed E-state index contributed by atoms with van der Waals surface area (Å²) in [5, 5.41) is 9.23. The van der Waals surface area contributed by atoms with E-state index < -0.39 is 12.6 Å². The lowest BCUT2D eigenvalue weighted by molar-refractivity contribution is -0.139. The summed E-state index contributed by atoms with van der Waals surface area (Å²) in [5.74, 6) is 0.575. The average molecular weight is 491 g/mol. The summed E-state index contributed by atoms with van der Waals surface area (Å²) in [7, 11) is 0. The number of benzene rings is 1. The summed E-state index contributed by atoms with van der Waals surface area (Å²) < 4.78 is 32.5. The van der Waals surface area contributed by atoms with Crippen molar-refractivity contribution in [2.24, 2.45) is 17.8 Å². The Labute approximate surface area is 206 Å². The number of carboxylic acids is 1. The van der Waals surface area contributed by atoms with Gasteiger partial charge in [-0.2, -0.15) is 8.78 Å². The second-order valence-electron chi connectivity index (χ2n) is 9.45. The molecular weight excluding hydrogens is 466 g/mol. The van der Waals surface area contributed by atoms with Crippen molar-refractivity contribution in [3.63, 3.8) is 0 Å². The highest BCUT2D eigenvalue weighted by Gasteiger charge is 2.59. The van der Waals surface area contributed by atoms with Crippen molar-refractivity contribution in [1.29, 1.82) is 0 Å². The molecule has 2 fully saturated rings. The van der Waals surface area contributed by atoms with Gasteiger partial charge in [-0.15, -0.1) is 0 Å². The van der Waals surface area contributed by atoms with Gasteiger partial charge in [0.2, 0.25) is 0 Å². The van der Waals surface area contributed by atoms with Crippen LogP contribution in [-0.2, 0) is 11.2 Å². The molecule has 3 atom stereocenters. The maximum atomic E-state index is 12.9. The van der Waals surface area contributed by atoms with Gasteiger partial charge in [0.1, 0.15) is 17.2 Å². The molecule has 6 rings (SSSR count). The molecule has 0 radical (unpaired) electrons. The standard InChI is InChI=1S/C27H24F2N4O3/c1-15-21(10-16-4-2-3-5-22(16)36-27(28)29)33-12-18(7-9-24(33)31-15)17-6-8-23(30-11-17)32-13-19-20(14-32)25(19)26(34)35/h2-9,11-12,19-20,25,27H,10,13-14H2,1H3,(H,34,35)/t19-,20+,25+. The van der Waals surface area contributed by atoms with Gasteiger partial charge in [-0.1, -0.05) is 18.2 Å². The highest BCUT2D eigenvalue weighted by Crippen LogP contribution is 2.52. The molecule has 1 saturated carbocycles. The molecule has 9 heteroatoms. The van der Waals surface area contributed by atoms with Crippen LogP contribution < -0.4 is 9.64 Å². The van der Waals surface area contributed by atoms with Crippen LogP contribution in [0.5, 0.6) is 5.75 Å². The smallest absolute Gasteiger partial charge is 0.387 e. The number of rotatable bonds is 7. The number of anilines is 1. The Morgan fingerprint density at radius 1 is 1.11 bits per heavy atom. The molecule has 3 aromatic heterocycles. The number of fused-ring (bicyclic) bond motifs is 2. The van der Waals surface area contributed by atoms with Crippen molar-refractivity contribution in [3.05, 3.63) is 77.9 Å². The summed E-state index contributed by atoms with van der Waals surface area (Å²) in [6.45, 7) is 0.481. The van der Waals surface area contributed by atoms with Crippen molar-refractivity contribution in [2.45, 2.75) is 20.0 Å². The number of alkyl halides is 2. The minimum absolute atomic E-state index is 0.159. The molecule has 1 aliphatic carbocycles. The van der Waals surface area contributed by atoms with E-state index in [0.29, 0.717) is 12.0 Å². The van der Waals surface area contributed by atoms with E-state index in [1.54, 1.807) is 24.3 Å². The molecule has 2 aliphatic rings. The second kappa shape index (κ2) is 8.58. The van der Waals surface area contributed by atoms with E-state index in [1.165, 1.54) is 0 Å². The molecule has 4 aromatic rings. The fourth-order valence-electron chi connectivity index (χ4n) is 5.46. The van der Waals surface area contributed by atoms with E-state index in [1.807, 2.05) is 48.0 Å². The zero-order chi connectivity index (χ0) is 25.0. The van der Waals surface area contributed by atoms with Crippen LogP contribution in [0.2, 0.25) is 0 Å². The van der Waals surface area contributed by atoms with Crippen LogP contribution in [-0.4, -0.2) is 45.1 Å². The fourth-order valence-corrected chi connectivity index (χ4v) is 5.46. The molecule has 36 heavy (non-hydrogen) atoms. The maximum absolute atomic E-state index is 12.9. The number of aliphatic carboxylic acids is 1. The first-order valence-corrected chi connectivity index (χ1v) is 11.8. The lowest BCUT2D eigenvalue weighted by Crippen LogP contribution is -2.26. The molecule has 4 heterocycles. The topological polar surface area (TPSA) is 80.0 Å². The highest BCUT2D eigenvalue weighted by atomic mass is 19.3. The Kier molecular flexibility index (Phi) is 5.35. The van der Waals surface area contributed by atoms with Crippen LogP contribution in [0.15, 0.2) is 60.9 Å². The number of ether oxygens (including phenoxy) is 1. The molecule has 7 nitrogen and oxygen atoms in total. The molecule has 0 amide bonds. The predicted molar refractivity (Wildman–Crippen MR) is 129 cm³/mol. The molecule has 0 unspecified atom stereocenters. The normalized spacial score (nSPS) is 20.7. The number of pyridine rings is 2. The number of imidazole rings is 1. The molecule has 1 saturated heterocycles. The van der Waals surface area contributed by atoms with E-state index in [2.05, 4.69) is 14.9 Å². The van der Waals surface area contributed by atoms with Crippen LogP contribution >= 0.6 is 0 Å². The number of halogens is 2. The minimum atomic E-state index is -2.89. The Bertz CT molecular complexity index is 1440. The zero-order valence-electron chi connectivity index (χ0n) is 19.5. The second-order valence-corrected chi connectivity index (χ2v) is 9.45. The van der Waals surface area contributed by atoms with E-state index in [4.69, 9.17) is 4.74 Å². The number of hydrogen-bond donors (Lipinski definition) is 1. The van der Waals surface area contributed by atoms with Crippen molar-refractivity contribution < 1.29 is 23.4 Å². The maximum Gasteiger partial charge on any atom is 0.387 e. The molecule has 184 valence electrons. The van der Waals surface area contributed by atoms with E-state index in [0.717, 1.165) is 47.1 Å². The zero-order valence-corrected chi connectivity index (χ0v) is 19.5. The van der Waals surface area contributed by atoms with Gasteiger partial charge in [0.15, 0.2) is 0 Å². The third kappa shape index (κ3) is 3.94. The van der Waals surface area contributed by atoms with Gasteiger partial charge in [0.05, 0.1) is 11.6 Å². The first-order chi connectivity index (χ1) is 17.4. The van der Waals surface area contributed by atoms with Crippen molar-refractivity contribution in [3.8, 4) is 16.9 Å². The van der Waals surface area contributed by atoms with Crippen LogP contribution in [0, 0.1) is 24.7 Å². The molecule has 1 aromatic carbocycles. The third-order valence-corrected chi connectivity index (χ3v) is 7.35. The van der Waals surface area contributed by atoms with Crippen LogP contribution in [0.3, 0.4) is 0 Å². The molecule has 1 N–H and O–H groups in total. The van der Waals surface area contributed by atoms with E-state index >= 15 is 0 Å². The van der Waals surface area contributed by atoms with Crippen LogP contribution in [0.25, 0.3) is 16.8 Å². The predicted octanol–water partition coefficient (Wildman–Crippen LogP) is 4.66. The van der Waals surface area contributed by atoms with E-state index in [-0.39, 0.29) is 23.5 Å². The van der Waals surface area contributed by atoms with Gasteiger partial charge in [-0.3, -0.25) is 4.79 Å². The van der Waals surface area contributed by atoms with Gasteiger partial charge in [-0.05, 0) is 49.1 Å². The molecule has 0 spiro atoms. The molecule has 0 bridgehead atoms. The summed E-state index contributed by atoms with van der Waals surface area (Å²) in [5.41, 5.74) is 5.03. The lowest BCUT2D eigenvalue weighted by Gasteiger charge is -2.20. The van der Waals surface area contributed by atoms with Gasteiger partial charge in [0.25, 0.3) is 0 Å². The number of piperidine rings is 1. The minimum Gasteiger partial charge on any atom is -0.481 e. The number of carbonyl (C=O) groups is 1. The number of para-hydroxylation sites is 1. The third-order valence-electron chi connectivity index (χ3n) is 7.35. The first-order valence-electron chi connectivity index (χ1n) is 11.8. The average Bonchev–Trinajstić information content (AvgIpc) is 3.21. The monoisotopic (exact) mass is 490 g/mol. The van der Waals surface area contributed by atoms with Crippen molar-refractivity contribution in [2.75, 3.05) is 18.0 Å². The quantitative estimate of drug-likeness (QED) is 0.406. The largest absolute Gasteiger partial charge is 0.481 e. The Morgan fingerprint density at radius 3 is 2.56 bits per heavy atom. The van der Waals surface area contributed by atoms with Crippen LogP contribution in [0.4, 0.5) is 14.6 Å². The van der Waals surface area contributed by atoms with Gasteiger partial charge >= 0.3 is 12.6 Å². The summed E-state index contributed by atoms with van der Waals surface area (Å²) in [4.78, 5) is 22.7. The Hall–Kier alpha value is -4.01. The van der Waals surface area contributed by atoms with Gasteiger partial charge in [0, 0.05) is 54.3 Å². The number of aromatic nitrogens is 3. The van der Waals surface area contributed by atoms with E-state index in [9.17, 15) is 18.7 Å². The van der Waals surface area contributed by atoms with Crippen molar-refractivity contribution in [1.82, 2.24) is 14.4 Å². The van der Waals surface area contributed by atoms with Crippen LogP contribution in [0.1, 0.15) is 17.0 Å². The SMILES string of the molecule is Cc1nc2ccc(-c3ccc(N4C[C@@H]5[C@H](C4)[C@H]5C(=O)O)nc3)cn2c1Cc1ccccc1OC(F)F. The molecule has 1 aliphatic heterocycles. The fraction of sp³-hybridized carbons (Fsp3) is 0.296. The number of carboxylic acid groups (broad SMARTS) is 1. The number of nitrogens with zero attached hydrogens (tertiary/aromatic N) is 4. The Morgan fingerprint density at radius 2 is 1.86 bits per heavy atom. The van der Waals surface area contributed by atoms with Gasteiger partial charge in [-0.25, -0.2) is 9.97 Å². The summed E-state index contributed by atoms with van der Waals surface area (Å²) in [6.07, 6.45) is 4.20. The van der Waals surface area contributed by atoms with Crippen molar-refractivity contribution >= 4 is 17.4 Å². The first kappa shape index (κ1) is 22.5. The number of aryl methyl sites for hydroxylation is 1. The Balaban J connectivity index is 1.25. The summed E-state index contributed by atoms with van der Waals surface area (Å²) in [6, 6.07) is 14.7. The highest BCUT2D eigenvalue weighted by molar-refractivity contribution is 5.75. The lowest BCUT2D eigenvalue weighted by atomic mass is 10.1. The molecular formula is C27H24F2N4O3. The summed E-state index contributed by atoms with van der Waals surface area (Å²) >= 11 is 0.